The maximum atomic E-state index is 13.2. The van der Waals surface area contributed by atoms with Crippen LogP contribution in [0.2, 0.25) is 0 Å². The van der Waals surface area contributed by atoms with Crippen molar-refractivity contribution in [2.24, 2.45) is 0 Å². The van der Waals surface area contributed by atoms with Crippen molar-refractivity contribution in [2.45, 2.75) is 26.3 Å². The molecule has 8 nitrogen and oxygen atoms in total. The lowest BCUT2D eigenvalue weighted by Crippen LogP contribution is -2.51. The predicted molar refractivity (Wildman–Crippen MR) is 123 cm³/mol. The second kappa shape index (κ2) is 9.36. The molecule has 0 fully saturated rings. The molecule has 2 aliphatic rings. The number of hydrogen-bond donors (Lipinski definition) is 1. The van der Waals surface area contributed by atoms with Gasteiger partial charge in [-0.15, -0.1) is 0 Å². The minimum Gasteiger partial charge on any atom is -0.497 e. The molecule has 172 valence electrons. The van der Waals surface area contributed by atoms with Gasteiger partial charge < -0.3 is 19.7 Å². The van der Waals surface area contributed by atoms with Crippen molar-refractivity contribution in [3.63, 3.8) is 0 Å². The first-order chi connectivity index (χ1) is 16.0. The number of esters is 1. The number of amides is 3. The van der Waals surface area contributed by atoms with Gasteiger partial charge in [0.1, 0.15) is 18.9 Å². The Bertz CT molecular complexity index is 1090. The van der Waals surface area contributed by atoms with E-state index in [1.165, 1.54) is 10.5 Å². The minimum atomic E-state index is -0.649. The standard InChI is InChI=1S/C25H27N3O5/c1-4-16-6-10-18(11-7-16)27(5-2)21(29)14-28-20-15-33-24(30)22(20)23(26-25(28)31)17-8-12-19(32-3)13-9-17/h6-13,23H,4-5,14-15H2,1-3H3,(H,26,31). The summed E-state index contributed by atoms with van der Waals surface area (Å²) in [7, 11) is 1.57. The Morgan fingerprint density at radius 2 is 1.82 bits per heavy atom. The highest BCUT2D eigenvalue weighted by Gasteiger charge is 2.43. The molecule has 1 N–H and O–H groups in total. The molecule has 0 saturated carbocycles. The van der Waals surface area contributed by atoms with Gasteiger partial charge >= 0.3 is 12.0 Å². The first-order valence-corrected chi connectivity index (χ1v) is 11.0. The number of rotatable bonds is 7. The molecule has 0 bridgehead atoms. The average molecular weight is 450 g/mol. The fourth-order valence-corrected chi connectivity index (χ4v) is 4.16. The summed E-state index contributed by atoms with van der Waals surface area (Å²) in [5.74, 6) is -0.0697. The highest BCUT2D eigenvalue weighted by molar-refractivity contribution is 6.00. The van der Waals surface area contributed by atoms with Crippen LogP contribution in [0.25, 0.3) is 0 Å². The molecule has 33 heavy (non-hydrogen) atoms. The number of likely N-dealkylation sites (N-methyl/N-ethyl adjacent to an activating group) is 1. The Labute approximate surface area is 192 Å². The van der Waals surface area contributed by atoms with E-state index in [4.69, 9.17) is 9.47 Å². The number of carbonyl (C=O) groups excluding carboxylic acids is 3. The third-order valence-electron chi connectivity index (χ3n) is 6.01. The van der Waals surface area contributed by atoms with Crippen LogP contribution in [-0.4, -0.2) is 49.6 Å². The van der Waals surface area contributed by atoms with E-state index in [0.29, 0.717) is 23.6 Å². The van der Waals surface area contributed by atoms with Crippen LogP contribution in [0.15, 0.2) is 59.8 Å². The highest BCUT2D eigenvalue weighted by Crippen LogP contribution is 2.35. The number of aryl methyl sites for hydroxylation is 1. The Kier molecular flexibility index (Phi) is 6.35. The molecule has 3 amide bonds. The van der Waals surface area contributed by atoms with Crippen LogP contribution in [0.3, 0.4) is 0 Å². The van der Waals surface area contributed by atoms with Crippen LogP contribution in [0.4, 0.5) is 10.5 Å². The molecule has 0 radical (unpaired) electrons. The van der Waals surface area contributed by atoms with Crippen LogP contribution in [0.1, 0.15) is 31.0 Å². The lowest BCUT2D eigenvalue weighted by atomic mass is 9.95. The number of cyclic esters (lactones) is 1. The number of benzene rings is 2. The molecule has 0 saturated heterocycles. The maximum absolute atomic E-state index is 13.2. The molecule has 8 heteroatoms. The van der Waals surface area contributed by atoms with E-state index in [2.05, 4.69) is 12.2 Å². The van der Waals surface area contributed by atoms with Gasteiger partial charge in [0.15, 0.2) is 0 Å². The molecule has 2 heterocycles. The zero-order valence-electron chi connectivity index (χ0n) is 19.0. The molecular weight excluding hydrogens is 422 g/mol. The second-order valence-corrected chi connectivity index (χ2v) is 7.84. The number of ether oxygens (including phenoxy) is 2. The smallest absolute Gasteiger partial charge is 0.338 e. The highest BCUT2D eigenvalue weighted by atomic mass is 16.5. The number of urea groups is 1. The van der Waals surface area contributed by atoms with Gasteiger partial charge in [-0.1, -0.05) is 31.2 Å². The van der Waals surface area contributed by atoms with Gasteiger partial charge in [-0.25, -0.2) is 9.59 Å². The Hall–Kier alpha value is -3.81. The SMILES string of the molecule is CCc1ccc(N(CC)C(=O)CN2C(=O)NC(c3ccc(OC)cc3)C3=C2COC3=O)cc1. The second-order valence-electron chi connectivity index (χ2n) is 7.84. The van der Waals surface area contributed by atoms with E-state index in [0.717, 1.165) is 17.7 Å². The molecule has 1 unspecified atom stereocenters. The lowest BCUT2D eigenvalue weighted by Gasteiger charge is -2.33. The summed E-state index contributed by atoms with van der Waals surface area (Å²) in [6.07, 6.45) is 0.911. The number of nitrogens with zero attached hydrogens (tertiary/aromatic N) is 2. The number of anilines is 1. The Morgan fingerprint density at radius 1 is 1.12 bits per heavy atom. The van der Waals surface area contributed by atoms with Gasteiger partial charge in [-0.05, 0) is 48.7 Å². The van der Waals surface area contributed by atoms with Crippen LogP contribution in [0, 0.1) is 0 Å². The van der Waals surface area contributed by atoms with E-state index in [-0.39, 0.29) is 19.1 Å². The van der Waals surface area contributed by atoms with Crippen LogP contribution >= 0.6 is 0 Å². The quantitative estimate of drug-likeness (QED) is 0.656. The van der Waals surface area contributed by atoms with Crippen molar-refractivity contribution in [3.8, 4) is 5.75 Å². The first-order valence-electron chi connectivity index (χ1n) is 11.0. The van der Waals surface area contributed by atoms with Gasteiger partial charge in [0.2, 0.25) is 5.91 Å². The van der Waals surface area contributed by atoms with Gasteiger partial charge in [0, 0.05) is 12.2 Å². The molecule has 0 spiro atoms. The molecule has 1 atom stereocenters. The third-order valence-corrected chi connectivity index (χ3v) is 6.01. The lowest BCUT2D eigenvalue weighted by molar-refractivity contribution is -0.136. The van der Waals surface area contributed by atoms with E-state index >= 15 is 0 Å². The minimum absolute atomic E-state index is 0.0428. The molecule has 4 rings (SSSR count). The van der Waals surface area contributed by atoms with Crippen molar-refractivity contribution in [2.75, 3.05) is 31.7 Å². The van der Waals surface area contributed by atoms with Crippen LogP contribution < -0.4 is 15.0 Å². The van der Waals surface area contributed by atoms with Gasteiger partial charge in [0.25, 0.3) is 0 Å². The van der Waals surface area contributed by atoms with E-state index in [1.807, 2.05) is 31.2 Å². The monoisotopic (exact) mass is 449 g/mol. The molecule has 0 aliphatic carbocycles. The van der Waals surface area contributed by atoms with E-state index in [1.54, 1.807) is 36.3 Å². The molecule has 2 aromatic rings. The number of hydrogen-bond acceptors (Lipinski definition) is 5. The Balaban J connectivity index is 1.60. The van der Waals surface area contributed by atoms with Crippen LogP contribution in [0.5, 0.6) is 5.75 Å². The summed E-state index contributed by atoms with van der Waals surface area (Å²) < 4.78 is 10.4. The van der Waals surface area contributed by atoms with Gasteiger partial charge in [-0.3, -0.25) is 9.69 Å². The molecule has 2 aliphatic heterocycles. The summed E-state index contributed by atoms with van der Waals surface area (Å²) in [6, 6.07) is 13.8. The van der Waals surface area contributed by atoms with Crippen LogP contribution in [-0.2, 0) is 20.7 Å². The topological polar surface area (TPSA) is 88.2 Å². The van der Waals surface area contributed by atoms with E-state index < -0.39 is 18.0 Å². The number of nitrogens with one attached hydrogen (secondary N) is 1. The first kappa shape index (κ1) is 22.4. The number of methoxy groups -OCH3 is 1. The van der Waals surface area contributed by atoms with Crippen molar-refractivity contribution in [3.05, 3.63) is 70.9 Å². The average Bonchev–Trinajstić information content (AvgIpc) is 3.23. The Morgan fingerprint density at radius 3 is 2.42 bits per heavy atom. The zero-order valence-corrected chi connectivity index (χ0v) is 19.0. The van der Waals surface area contributed by atoms with Crippen molar-refractivity contribution < 1.29 is 23.9 Å². The fourth-order valence-electron chi connectivity index (χ4n) is 4.16. The molecule has 2 aromatic carbocycles. The summed E-state index contributed by atoms with van der Waals surface area (Å²) in [4.78, 5) is 41.7. The largest absolute Gasteiger partial charge is 0.497 e. The predicted octanol–water partition coefficient (Wildman–Crippen LogP) is 3.19. The summed E-state index contributed by atoms with van der Waals surface area (Å²) in [6.45, 7) is 4.17. The molecule has 0 aromatic heterocycles. The van der Waals surface area contributed by atoms with Gasteiger partial charge in [0.05, 0.1) is 24.4 Å². The summed E-state index contributed by atoms with van der Waals surface area (Å²) in [5, 5.41) is 2.86. The normalized spacial score (nSPS) is 17.4. The summed E-state index contributed by atoms with van der Waals surface area (Å²) in [5.41, 5.74) is 3.45. The fraction of sp³-hybridized carbons (Fsp3) is 0.320. The van der Waals surface area contributed by atoms with E-state index in [9.17, 15) is 14.4 Å². The number of carbonyl (C=O) groups is 3. The third kappa shape index (κ3) is 4.28. The van der Waals surface area contributed by atoms with Gasteiger partial charge in [-0.2, -0.15) is 0 Å². The van der Waals surface area contributed by atoms with Crippen molar-refractivity contribution >= 4 is 23.6 Å². The van der Waals surface area contributed by atoms with Crippen molar-refractivity contribution in [1.82, 2.24) is 10.2 Å². The maximum Gasteiger partial charge on any atom is 0.338 e. The zero-order chi connectivity index (χ0) is 23.5. The molecular formula is C25H27N3O5. The summed E-state index contributed by atoms with van der Waals surface area (Å²) >= 11 is 0. The van der Waals surface area contributed by atoms with Crippen molar-refractivity contribution in [1.29, 1.82) is 0 Å².